The molecule has 2 unspecified atom stereocenters. The Balaban J connectivity index is 2.04. The quantitative estimate of drug-likeness (QED) is 0.519. The number of hydrogen-bond acceptors (Lipinski definition) is 5. The van der Waals surface area contributed by atoms with E-state index in [0.29, 0.717) is 10.3 Å². The Labute approximate surface area is 111 Å². The minimum atomic E-state index is 0.234. The molecule has 94 valence electrons. The first-order valence-corrected chi connectivity index (χ1v) is 7.26. The van der Waals surface area contributed by atoms with Crippen LogP contribution < -0.4 is 5.32 Å². The Morgan fingerprint density at radius 2 is 2.41 bits per heavy atom. The molecule has 4 nitrogen and oxygen atoms in total. The summed E-state index contributed by atoms with van der Waals surface area (Å²) in [4.78, 5) is 8.47. The van der Waals surface area contributed by atoms with Gasteiger partial charge in [-0.15, -0.1) is 0 Å². The Hall–Kier alpha value is -0.520. The van der Waals surface area contributed by atoms with E-state index in [1.54, 1.807) is 6.07 Å². The molecule has 2 rings (SSSR count). The average Bonchev–Trinajstić information content (AvgIpc) is 2.81. The lowest BCUT2D eigenvalue weighted by molar-refractivity contribution is 0.0995. The van der Waals surface area contributed by atoms with Crippen LogP contribution in [0.15, 0.2) is 11.2 Å². The van der Waals surface area contributed by atoms with Crippen molar-refractivity contribution in [1.29, 1.82) is 0 Å². The molecular weight excluding hydrogens is 258 g/mol. The molecule has 0 radical (unpaired) electrons. The largest absolute Gasteiger partial charge is 0.376 e. The van der Waals surface area contributed by atoms with E-state index < -0.39 is 0 Å². The summed E-state index contributed by atoms with van der Waals surface area (Å²) in [6.07, 6.45) is 4.43. The minimum Gasteiger partial charge on any atom is -0.376 e. The van der Waals surface area contributed by atoms with Gasteiger partial charge in [0.2, 0.25) is 0 Å². The maximum Gasteiger partial charge on any atom is 0.190 e. The number of ether oxygens (including phenoxy) is 1. The zero-order chi connectivity index (χ0) is 12.3. The van der Waals surface area contributed by atoms with Gasteiger partial charge in [-0.25, -0.2) is 9.97 Å². The SMILES string of the molecule is CSc1nc(Cl)cc(NC(C)C2CCCO2)n1. The van der Waals surface area contributed by atoms with Crippen molar-refractivity contribution in [3.8, 4) is 0 Å². The number of nitrogens with one attached hydrogen (secondary N) is 1. The molecule has 1 saturated heterocycles. The van der Waals surface area contributed by atoms with E-state index in [2.05, 4.69) is 22.2 Å². The predicted octanol–water partition coefficient (Wildman–Crippen LogP) is 2.83. The van der Waals surface area contributed by atoms with Crippen molar-refractivity contribution in [2.75, 3.05) is 18.2 Å². The van der Waals surface area contributed by atoms with Crippen LogP contribution in [-0.4, -0.2) is 35.0 Å². The number of nitrogens with zero attached hydrogens (tertiary/aromatic N) is 2. The monoisotopic (exact) mass is 273 g/mol. The van der Waals surface area contributed by atoms with Gasteiger partial charge in [0, 0.05) is 12.7 Å². The average molecular weight is 274 g/mol. The first-order valence-electron chi connectivity index (χ1n) is 5.66. The lowest BCUT2D eigenvalue weighted by Crippen LogP contribution is -2.30. The third-order valence-corrected chi connectivity index (χ3v) is 3.50. The summed E-state index contributed by atoms with van der Waals surface area (Å²) >= 11 is 7.41. The Morgan fingerprint density at radius 1 is 1.59 bits per heavy atom. The summed E-state index contributed by atoms with van der Waals surface area (Å²) in [7, 11) is 0. The van der Waals surface area contributed by atoms with Crippen LogP contribution >= 0.6 is 23.4 Å². The van der Waals surface area contributed by atoms with E-state index in [1.165, 1.54) is 11.8 Å². The van der Waals surface area contributed by atoms with Gasteiger partial charge >= 0.3 is 0 Å². The van der Waals surface area contributed by atoms with Crippen molar-refractivity contribution >= 4 is 29.2 Å². The first kappa shape index (κ1) is 12.9. The van der Waals surface area contributed by atoms with Crippen molar-refractivity contribution in [2.24, 2.45) is 0 Å². The highest BCUT2D eigenvalue weighted by molar-refractivity contribution is 7.98. The van der Waals surface area contributed by atoms with Crippen molar-refractivity contribution in [1.82, 2.24) is 9.97 Å². The van der Waals surface area contributed by atoms with E-state index in [4.69, 9.17) is 16.3 Å². The van der Waals surface area contributed by atoms with Gasteiger partial charge < -0.3 is 10.1 Å². The second-order valence-electron chi connectivity index (χ2n) is 4.05. The second kappa shape index (κ2) is 5.89. The van der Waals surface area contributed by atoms with Gasteiger partial charge in [0.05, 0.1) is 12.1 Å². The highest BCUT2D eigenvalue weighted by Gasteiger charge is 2.22. The van der Waals surface area contributed by atoms with Crippen molar-refractivity contribution in [3.05, 3.63) is 11.2 Å². The maximum atomic E-state index is 5.94. The maximum absolute atomic E-state index is 5.94. The third-order valence-electron chi connectivity index (χ3n) is 2.76. The fourth-order valence-corrected chi connectivity index (χ4v) is 2.50. The summed E-state index contributed by atoms with van der Waals surface area (Å²) in [6.45, 7) is 2.96. The first-order chi connectivity index (χ1) is 8.19. The zero-order valence-electron chi connectivity index (χ0n) is 9.94. The molecule has 1 aromatic heterocycles. The zero-order valence-corrected chi connectivity index (χ0v) is 11.5. The Kier molecular flexibility index (Phi) is 4.48. The summed E-state index contributed by atoms with van der Waals surface area (Å²) in [6, 6.07) is 1.98. The predicted molar refractivity (Wildman–Crippen MR) is 70.9 cm³/mol. The number of aromatic nitrogens is 2. The molecule has 1 aliphatic rings. The number of rotatable bonds is 4. The van der Waals surface area contributed by atoms with Gasteiger partial charge in [-0.05, 0) is 26.0 Å². The number of halogens is 1. The van der Waals surface area contributed by atoms with Crippen molar-refractivity contribution in [3.63, 3.8) is 0 Å². The molecule has 1 N–H and O–H groups in total. The smallest absolute Gasteiger partial charge is 0.190 e. The van der Waals surface area contributed by atoms with Gasteiger partial charge in [0.25, 0.3) is 0 Å². The van der Waals surface area contributed by atoms with Crippen LogP contribution in [0.5, 0.6) is 0 Å². The summed E-state index contributed by atoms with van der Waals surface area (Å²) in [5.41, 5.74) is 0. The molecule has 0 aromatic carbocycles. The molecule has 0 amide bonds. The molecule has 0 bridgehead atoms. The molecule has 1 fully saturated rings. The molecule has 1 aromatic rings. The van der Waals surface area contributed by atoms with Crippen molar-refractivity contribution in [2.45, 2.75) is 37.1 Å². The van der Waals surface area contributed by atoms with Gasteiger partial charge in [-0.3, -0.25) is 0 Å². The molecule has 2 heterocycles. The topological polar surface area (TPSA) is 47.0 Å². The van der Waals surface area contributed by atoms with Gasteiger partial charge in [0.15, 0.2) is 5.16 Å². The summed E-state index contributed by atoms with van der Waals surface area (Å²) < 4.78 is 5.63. The van der Waals surface area contributed by atoms with Gasteiger partial charge in [-0.1, -0.05) is 23.4 Å². The standard InChI is InChI=1S/C11H16ClN3OS/c1-7(8-4-3-5-16-8)13-10-6-9(12)14-11(15-10)17-2/h6-8H,3-5H2,1-2H3,(H,13,14,15). The van der Waals surface area contributed by atoms with Gasteiger partial charge in [0.1, 0.15) is 11.0 Å². The third kappa shape index (κ3) is 3.47. The normalized spacial score (nSPS) is 21.5. The molecule has 6 heteroatoms. The van der Waals surface area contributed by atoms with Gasteiger partial charge in [-0.2, -0.15) is 0 Å². The van der Waals surface area contributed by atoms with Crippen LogP contribution in [-0.2, 0) is 4.74 Å². The van der Waals surface area contributed by atoms with E-state index in [-0.39, 0.29) is 12.1 Å². The Bertz CT molecular complexity index is 385. The second-order valence-corrected chi connectivity index (χ2v) is 5.21. The number of hydrogen-bond donors (Lipinski definition) is 1. The number of anilines is 1. The van der Waals surface area contributed by atoms with Crippen LogP contribution in [0.3, 0.4) is 0 Å². The molecule has 0 aliphatic carbocycles. The summed E-state index contributed by atoms with van der Waals surface area (Å²) in [5.74, 6) is 0.761. The molecule has 1 aliphatic heterocycles. The molecule has 0 saturated carbocycles. The Morgan fingerprint density at radius 3 is 3.06 bits per heavy atom. The van der Waals surface area contributed by atoms with Crippen LogP contribution in [0.4, 0.5) is 5.82 Å². The summed E-state index contributed by atoms with van der Waals surface area (Å²) in [5, 5.41) is 4.47. The fourth-order valence-electron chi connectivity index (χ4n) is 1.89. The molecular formula is C11H16ClN3OS. The molecule has 17 heavy (non-hydrogen) atoms. The molecule has 0 spiro atoms. The fraction of sp³-hybridized carbons (Fsp3) is 0.636. The lowest BCUT2D eigenvalue weighted by Gasteiger charge is -2.20. The highest BCUT2D eigenvalue weighted by Crippen LogP contribution is 2.21. The van der Waals surface area contributed by atoms with Crippen molar-refractivity contribution < 1.29 is 4.74 Å². The van der Waals surface area contributed by atoms with Crippen LogP contribution in [0.2, 0.25) is 5.15 Å². The minimum absolute atomic E-state index is 0.234. The lowest BCUT2D eigenvalue weighted by atomic mass is 10.1. The van der Waals surface area contributed by atoms with Crippen LogP contribution in [0.1, 0.15) is 19.8 Å². The molecule has 2 atom stereocenters. The highest BCUT2D eigenvalue weighted by atomic mass is 35.5. The van der Waals surface area contributed by atoms with Crippen LogP contribution in [0, 0.1) is 0 Å². The number of thioether (sulfide) groups is 1. The van der Waals surface area contributed by atoms with E-state index in [1.807, 2.05) is 6.26 Å². The van der Waals surface area contributed by atoms with E-state index >= 15 is 0 Å². The van der Waals surface area contributed by atoms with Crippen LogP contribution in [0.25, 0.3) is 0 Å². The van der Waals surface area contributed by atoms with E-state index in [9.17, 15) is 0 Å². The van der Waals surface area contributed by atoms with E-state index in [0.717, 1.165) is 25.3 Å².